The number of hydrogen-bond donors (Lipinski definition) is 1. The third kappa shape index (κ3) is 1.99. The van der Waals surface area contributed by atoms with E-state index in [1.807, 2.05) is 6.07 Å². The number of benzene rings is 2. The van der Waals surface area contributed by atoms with E-state index >= 15 is 0 Å². The van der Waals surface area contributed by atoms with Crippen LogP contribution in [0.4, 0.5) is 4.39 Å². The lowest BCUT2D eigenvalue weighted by Crippen LogP contribution is -2.09. The summed E-state index contributed by atoms with van der Waals surface area (Å²) in [5.41, 5.74) is 2.23. The van der Waals surface area contributed by atoms with Crippen LogP contribution in [0.15, 0.2) is 41.2 Å². The van der Waals surface area contributed by atoms with Crippen molar-refractivity contribution in [1.82, 2.24) is 9.97 Å². The van der Waals surface area contributed by atoms with Gasteiger partial charge >= 0.3 is 0 Å². The molecule has 3 aromatic rings. The molecular formula is C16H13FN2O. The van der Waals surface area contributed by atoms with Gasteiger partial charge in [0.1, 0.15) is 11.6 Å². The minimum Gasteiger partial charge on any atom is -0.306 e. The van der Waals surface area contributed by atoms with Gasteiger partial charge in [0, 0.05) is 5.56 Å². The average Bonchev–Trinajstić information content (AvgIpc) is 2.44. The molecule has 0 amide bonds. The predicted octanol–water partition coefficient (Wildman–Crippen LogP) is 3.35. The van der Waals surface area contributed by atoms with Crippen molar-refractivity contribution in [3.63, 3.8) is 0 Å². The topological polar surface area (TPSA) is 45.8 Å². The Balaban J connectivity index is 2.27. The number of fused-ring (bicyclic) bond motifs is 1. The minimum absolute atomic E-state index is 0.190. The highest BCUT2D eigenvalue weighted by Crippen LogP contribution is 2.22. The molecular weight excluding hydrogens is 255 g/mol. The van der Waals surface area contributed by atoms with Gasteiger partial charge in [0.15, 0.2) is 0 Å². The number of halogens is 1. The molecule has 100 valence electrons. The Morgan fingerprint density at radius 3 is 2.45 bits per heavy atom. The molecule has 0 aliphatic carbocycles. The Morgan fingerprint density at radius 1 is 1.10 bits per heavy atom. The largest absolute Gasteiger partial charge is 0.306 e. The Hall–Kier alpha value is -2.49. The molecule has 0 radical (unpaired) electrons. The van der Waals surface area contributed by atoms with E-state index in [2.05, 4.69) is 9.97 Å². The van der Waals surface area contributed by atoms with E-state index < -0.39 is 0 Å². The van der Waals surface area contributed by atoms with Gasteiger partial charge in [-0.25, -0.2) is 9.37 Å². The monoisotopic (exact) mass is 268 g/mol. The summed E-state index contributed by atoms with van der Waals surface area (Å²) in [6.45, 7) is 3.40. The van der Waals surface area contributed by atoms with Crippen LogP contribution in [-0.4, -0.2) is 9.97 Å². The molecule has 0 spiro atoms. The molecule has 20 heavy (non-hydrogen) atoms. The Morgan fingerprint density at radius 2 is 1.75 bits per heavy atom. The summed E-state index contributed by atoms with van der Waals surface area (Å²) in [5, 5.41) is 0.548. The molecule has 0 bridgehead atoms. The first-order chi connectivity index (χ1) is 9.56. The highest BCUT2D eigenvalue weighted by atomic mass is 19.1. The maximum Gasteiger partial charge on any atom is 0.259 e. The zero-order chi connectivity index (χ0) is 14.3. The normalized spacial score (nSPS) is 10.9. The van der Waals surface area contributed by atoms with Crippen molar-refractivity contribution in [3.05, 3.63) is 63.7 Å². The predicted molar refractivity (Wildman–Crippen MR) is 77.2 cm³/mol. The summed E-state index contributed by atoms with van der Waals surface area (Å²) in [6, 6.07) is 10.5. The van der Waals surface area contributed by atoms with Crippen molar-refractivity contribution >= 4 is 10.9 Å². The summed E-state index contributed by atoms with van der Waals surface area (Å²) in [4.78, 5) is 19.2. The zero-order valence-corrected chi connectivity index (χ0v) is 11.2. The molecule has 0 atom stereocenters. The molecule has 4 heteroatoms. The van der Waals surface area contributed by atoms with E-state index in [9.17, 15) is 9.18 Å². The fourth-order valence-corrected chi connectivity index (χ4v) is 2.31. The fourth-order valence-electron chi connectivity index (χ4n) is 2.31. The average molecular weight is 268 g/mol. The lowest BCUT2D eigenvalue weighted by atomic mass is 10.1. The number of aromatic nitrogens is 2. The maximum absolute atomic E-state index is 13.7. The molecule has 1 aromatic heterocycles. The van der Waals surface area contributed by atoms with Crippen LogP contribution in [0.3, 0.4) is 0 Å². The summed E-state index contributed by atoms with van der Waals surface area (Å²) >= 11 is 0. The molecule has 0 fully saturated rings. The highest BCUT2D eigenvalue weighted by molar-refractivity contribution is 5.79. The lowest BCUT2D eigenvalue weighted by Gasteiger charge is -2.07. The van der Waals surface area contributed by atoms with Crippen LogP contribution in [0.1, 0.15) is 11.1 Å². The SMILES string of the molecule is Cc1cc(-c2nc3ccccc3c(=O)[nH]2)cc(C)c1F. The van der Waals surface area contributed by atoms with E-state index in [1.165, 1.54) is 0 Å². The van der Waals surface area contributed by atoms with Crippen LogP contribution in [0.5, 0.6) is 0 Å². The molecule has 0 aliphatic heterocycles. The van der Waals surface area contributed by atoms with Gasteiger partial charge < -0.3 is 4.98 Å². The van der Waals surface area contributed by atoms with Crippen LogP contribution < -0.4 is 5.56 Å². The van der Waals surface area contributed by atoms with Gasteiger partial charge in [-0.1, -0.05) is 12.1 Å². The van der Waals surface area contributed by atoms with Gasteiger partial charge in [0.2, 0.25) is 0 Å². The fraction of sp³-hybridized carbons (Fsp3) is 0.125. The second kappa shape index (κ2) is 4.56. The number of aryl methyl sites for hydroxylation is 2. The standard InChI is InChI=1S/C16H13FN2O/c1-9-7-11(8-10(2)14(9)17)15-18-13-6-4-3-5-12(13)16(20)19-15/h3-8H,1-2H3,(H,18,19,20). The first-order valence-electron chi connectivity index (χ1n) is 6.32. The van der Waals surface area contributed by atoms with E-state index in [4.69, 9.17) is 0 Å². The summed E-state index contributed by atoms with van der Waals surface area (Å²) in [6.07, 6.45) is 0. The van der Waals surface area contributed by atoms with Crippen molar-refractivity contribution in [2.75, 3.05) is 0 Å². The number of para-hydroxylation sites is 1. The lowest BCUT2D eigenvalue weighted by molar-refractivity contribution is 0.609. The Kier molecular flexibility index (Phi) is 2.86. The molecule has 0 unspecified atom stereocenters. The Labute approximate surface area is 115 Å². The molecule has 0 aliphatic rings. The van der Waals surface area contributed by atoms with Gasteiger partial charge in [0.05, 0.1) is 10.9 Å². The van der Waals surface area contributed by atoms with Crippen LogP contribution in [-0.2, 0) is 0 Å². The molecule has 3 nitrogen and oxygen atoms in total. The van der Waals surface area contributed by atoms with E-state index in [0.717, 1.165) is 0 Å². The number of nitrogens with zero attached hydrogens (tertiary/aromatic N) is 1. The van der Waals surface area contributed by atoms with E-state index in [-0.39, 0.29) is 11.4 Å². The van der Waals surface area contributed by atoms with Gasteiger partial charge in [0.25, 0.3) is 5.56 Å². The molecule has 0 saturated heterocycles. The first kappa shape index (κ1) is 12.5. The summed E-state index contributed by atoms with van der Waals surface area (Å²) in [5.74, 6) is 0.233. The summed E-state index contributed by atoms with van der Waals surface area (Å²) < 4.78 is 13.7. The van der Waals surface area contributed by atoms with Crippen molar-refractivity contribution in [1.29, 1.82) is 0 Å². The van der Waals surface area contributed by atoms with Crippen molar-refractivity contribution in [2.24, 2.45) is 0 Å². The zero-order valence-electron chi connectivity index (χ0n) is 11.2. The molecule has 1 heterocycles. The second-order valence-corrected chi connectivity index (χ2v) is 4.86. The third-order valence-corrected chi connectivity index (χ3v) is 3.32. The minimum atomic E-state index is -0.225. The molecule has 3 rings (SSSR count). The van der Waals surface area contributed by atoms with Crippen molar-refractivity contribution in [2.45, 2.75) is 13.8 Å². The highest BCUT2D eigenvalue weighted by Gasteiger charge is 2.09. The molecule has 0 saturated carbocycles. The van der Waals surface area contributed by atoms with Crippen LogP contribution in [0.25, 0.3) is 22.3 Å². The second-order valence-electron chi connectivity index (χ2n) is 4.86. The Bertz CT molecular complexity index is 845. The number of rotatable bonds is 1. The van der Waals surface area contributed by atoms with Gasteiger partial charge in [-0.3, -0.25) is 4.79 Å². The number of hydrogen-bond acceptors (Lipinski definition) is 2. The van der Waals surface area contributed by atoms with Crippen LogP contribution in [0, 0.1) is 19.7 Å². The summed E-state index contributed by atoms with van der Waals surface area (Å²) in [7, 11) is 0. The smallest absolute Gasteiger partial charge is 0.259 e. The molecule has 2 aromatic carbocycles. The first-order valence-corrected chi connectivity index (χ1v) is 6.32. The molecule has 1 N–H and O–H groups in total. The van der Waals surface area contributed by atoms with Gasteiger partial charge in [-0.2, -0.15) is 0 Å². The van der Waals surface area contributed by atoms with Gasteiger partial charge in [-0.05, 0) is 49.2 Å². The van der Waals surface area contributed by atoms with Crippen LogP contribution >= 0.6 is 0 Å². The van der Waals surface area contributed by atoms with Crippen LogP contribution in [0.2, 0.25) is 0 Å². The number of aromatic amines is 1. The quantitative estimate of drug-likeness (QED) is 0.735. The van der Waals surface area contributed by atoms with Gasteiger partial charge in [-0.15, -0.1) is 0 Å². The number of H-pyrrole nitrogens is 1. The van der Waals surface area contributed by atoms with E-state index in [0.29, 0.717) is 33.4 Å². The maximum atomic E-state index is 13.7. The number of nitrogens with one attached hydrogen (secondary N) is 1. The third-order valence-electron chi connectivity index (χ3n) is 3.32. The van der Waals surface area contributed by atoms with Crippen molar-refractivity contribution < 1.29 is 4.39 Å². The van der Waals surface area contributed by atoms with E-state index in [1.54, 1.807) is 44.2 Å². The van der Waals surface area contributed by atoms with Crippen molar-refractivity contribution in [3.8, 4) is 11.4 Å².